The number of nitrogens with one attached hydrogen (secondary N) is 1. The molecule has 2 unspecified atom stereocenters. The quantitative estimate of drug-likeness (QED) is 0.811. The first-order chi connectivity index (χ1) is 9.25. The second kappa shape index (κ2) is 7.11. The molecule has 0 radical (unpaired) electrons. The number of benzene rings is 1. The van der Waals surface area contributed by atoms with E-state index in [2.05, 4.69) is 26.1 Å². The summed E-state index contributed by atoms with van der Waals surface area (Å²) < 4.78 is 37.6. The number of alkyl halides is 3. The topological polar surface area (TPSA) is 12.0 Å². The molecule has 0 aromatic heterocycles. The van der Waals surface area contributed by atoms with E-state index >= 15 is 0 Å². The Kier molecular flexibility index (Phi) is 6.06. The van der Waals surface area contributed by atoms with Gasteiger partial charge >= 0.3 is 6.18 Å². The Morgan fingerprint density at radius 3 is 2.00 bits per heavy atom. The second-order valence-corrected chi connectivity index (χ2v) is 5.67. The smallest absolute Gasteiger partial charge is 0.314 e. The molecule has 1 aromatic carbocycles. The summed E-state index contributed by atoms with van der Waals surface area (Å²) in [6.07, 6.45) is -3.50. The molecule has 0 amide bonds. The Morgan fingerprint density at radius 1 is 1.05 bits per heavy atom. The Balaban J connectivity index is 2.79. The number of rotatable bonds is 6. The van der Waals surface area contributed by atoms with Gasteiger partial charge in [0.2, 0.25) is 0 Å². The van der Waals surface area contributed by atoms with Gasteiger partial charge < -0.3 is 5.32 Å². The normalized spacial score (nSPS) is 15.4. The molecule has 0 aliphatic carbocycles. The van der Waals surface area contributed by atoms with Crippen LogP contribution in [0.2, 0.25) is 0 Å². The van der Waals surface area contributed by atoms with Crippen LogP contribution in [0.5, 0.6) is 0 Å². The van der Waals surface area contributed by atoms with Gasteiger partial charge in [-0.05, 0) is 42.5 Å². The fourth-order valence-electron chi connectivity index (χ4n) is 2.25. The molecule has 1 nitrogen and oxygen atoms in total. The molecule has 0 heterocycles. The minimum Gasteiger partial charge on any atom is -0.314 e. The summed E-state index contributed by atoms with van der Waals surface area (Å²) in [6.45, 7) is 9.43. The van der Waals surface area contributed by atoms with Gasteiger partial charge in [-0.1, -0.05) is 39.8 Å². The molecule has 0 bridgehead atoms. The minimum atomic E-state index is -4.26. The third-order valence-electron chi connectivity index (χ3n) is 3.89. The van der Waals surface area contributed by atoms with Crippen LogP contribution in [0, 0.1) is 11.8 Å². The van der Waals surface area contributed by atoms with Gasteiger partial charge in [-0.25, -0.2) is 0 Å². The van der Waals surface area contributed by atoms with Gasteiger partial charge in [-0.3, -0.25) is 0 Å². The molecule has 1 rings (SSSR count). The van der Waals surface area contributed by atoms with Crippen molar-refractivity contribution in [3.63, 3.8) is 0 Å². The summed E-state index contributed by atoms with van der Waals surface area (Å²) in [5, 5.41) is 3.43. The van der Waals surface area contributed by atoms with E-state index < -0.39 is 11.7 Å². The molecular weight excluding hydrogens is 263 g/mol. The van der Waals surface area contributed by atoms with Crippen LogP contribution in [0.15, 0.2) is 24.3 Å². The highest BCUT2D eigenvalue weighted by molar-refractivity contribution is 5.25. The van der Waals surface area contributed by atoms with Crippen molar-refractivity contribution in [3.8, 4) is 0 Å². The molecule has 4 heteroatoms. The van der Waals surface area contributed by atoms with Crippen molar-refractivity contribution in [1.82, 2.24) is 5.32 Å². The Labute approximate surface area is 119 Å². The van der Waals surface area contributed by atoms with Crippen LogP contribution in [0.25, 0.3) is 0 Å². The van der Waals surface area contributed by atoms with Crippen LogP contribution in [-0.2, 0) is 12.6 Å². The zero-order chi connectivity index (χ0) is 15.3. The fraction of sp³-hybridized carbons (Fsp3) is 0.625. The van der Waals surface area contributed by atoms with E-state index in [0.29, 0.717) is 11.8 Å². The Bertz CT molecular complexity index is 395. The highest BCUT2D eigenvalue weighted by Gasteiger charge is 2.30. The van der Waals surface area contributed by atoms with Crippen molar-refractivity contribution in [3.05, 3.63) is 35.4 Å². The van der Waals surface area contributed by atoms with Crippen molar-refractivity contribution in [2.75, 3.05) is 6.54 Å². The summed E-state index contributed by atoms with van der Waals surface area (Å²) in [7, 11) is 0. The highest BCUT2D eigenvalue weighted by atomic mass is 19.4. The van der Waals surface area contributed by atoms with E-state index in [9.17, 15) is 13.2 Å². The Morgan fingerprint density at radius 2 is 1.60 bits per heavy atom. The molecule has 1 aromatic rings. The van der Waals surface area contributed by atoms with E-state index in [0.717, 1.165) is 18.5 Å². The van der Waals surface area contributed by atoms with Gasteiger partial charge in [-0.2, -0.15) is 13.2 Å². The van der Waals surface area contributed by atoms with E-state index in [1.807, 2.05) is 6.92 Å². The summed E-state index contributed by atoms with van der Waals surface area (Å²) in [5.74, 6) is 1.01. The SMILES string of the molecule is CCNC(Cc1ccc(C(F)(F)F)cc1)C(C)C(C)C. The van der Waals surface area contributed by atoms with Crippen molar-refractivity contribution in [2.24, 2.45) is 11.8 Å². The van der Waals surface area contributed by atoms with Crippen LogP contribution >= 0.6 is 0 Å². The van der Waals surface area contributed by atoms with E-state index in [4.69, 9.17) is 0 Å². The number of hydrogen-bond donors (Lipinski definition) is 1. The second-order valence-electron chi connectivity index (χ2n) is 5.67. The summed E-state index contributed by atoms with van der Waals surface area (Å²) >= 11 is 0. The lowest BCUT2D eigenvalue weighted by Gasteiger charge is -2.28. The van der Waals surface area contributed by atoms with Crippen LogP contribution in [0.4, 0.5) is 13.2 Å². The van der Waals surface area contributed by atoms with Gasteiger partial charge in [0.25, 0.3) is 0 Å². The maximum atomic E-state index is 12.5. The predicted molar refractivity (Wildman–Crippen MR) is 76.6 cm³/mol. The molecule has 0 aliphatic rings. The van der Waals surface area contributed by atoms with Crippen molar-refractivity contribution in [2.45, 2.75) is 46.3 Å². The van der Waals surface area contributed by atoms with Crippen LogP contribution in [0.3, 0.4) is 0 Å². The maximum Gasteiger partial charge on any atom is 0.416 e. The van der Waals surface area contributed by atoms with Crippen molar-refractivity contribution in [1.29, 1.82) is 0 Å². The third kappa shape index (κ3) is 4.82. The average molecular weight is 287 g/mol. The summed E-state index contributed by atoms with van der Waals surface area (Å²) in [4.78, 5) is 0. The monoisotopic (exact) mass is 287 g/mol. The molecule has 0 aliphatic heterocycles. The molecule has 0 saturated carbocycles. The zero-order valence-corrected chi connectivity index (χ0v) is 12.6. The van der Waals surface area contributed by atoms with Gasteiger partial charge in [0, 0.05) is 6.04 Å². The standard InChI is InChI=1S/C16H24F3N/c1-5-20-15(12(4)11(2)3)10-13-6-8-14(9-7-13)16(17,18)19/h6-9,11-12,15,20H,5,10H2,1-4H3. The number of hydrogen-bond acceptors (Lipinski definition) is 1. The molecule has 2 atom stereocenters. The lowest BCUT2D eigenvalue weighted by Crippen LogP contribution is -2.38. The van der Waals surface area contributed by atoms with E-state index in [-0.39, 0.29) is 6.04 Å². The maximum absolute atomic E-state index is 12.5. The highest BCUT2D eigenvalue weighted by Crippen LogP contribution is 2.29. The van der Waals surface area contributed by atoms with E-state index in [1.54, 1.807) is 12.1 Å². The summed E-state index contributed by atoms with van der Waals surface area (Å²) in [5.41, 5.74) is 0.356. The molecule has 114 valence electrons. The lowest BCUT2D eigenvalue weighted by atomic mass is 9.86. The third-order valence-corrected chi connectivity index (χ3v) is 3.89. The van der Waals surface area contributed by atoms with Crippen LogP contribution in [0.1, 0.15) is 38.8 Å². The lowest BCUT2D eigenvalue weighted by molar-refractivity contribution is -0.137. The first kappa shape index (κ1) is 17.0. The largest absolute Gasteiger partial charge is 0.416 e. The molecule has 0 saturated heterocycles. The summed E-state index contributed by atoms with van der Waals surface area (Å²) in [6, 6.07) is 5.79. The van der Waals surface area contributed by atoms with Crippen LogP contribution in [-0.4, -0.2) is 12.6 Å². The molecule has 1 N–H and O–H groups in total. The van der Waals surface area contributed by atoms with Gasteiger partial charge in [-0.15, -0.1) is 0 Å². The molecular formula is C16H24F3N. The number of likely N-dealkylation sites (N-methyl/N-ethyl adjacent to an activating group) is 1. The molecule has 20 heavy (non-hydrogen) atoms. The predicted octanol–water partition coefficient (Wildman–Crippen LogP) is 4.52. The van der Waals surface area contributed by atoms with E-state index in [1.165, 1.54) is 12.1 Å². The number of halogens is 3. The van der Waals surface area contributed by atoms with Crippen LogP contribution < -0.4 is 5.32 Å². The minimum absolute atomic E-state index is 0.289. The molecule has 0 spiro atoms. The first-order valence-electron chi connectivity index (χ1n) is 7.15. The van der Waals surface area contributed by atoms with Crippen molar-refractivity contribution < 1.29 is 13.2 Å². The van der Waals surface area contributed by atoms with Gasteiger partial charge in [0.1, 0.15) is 0 Å². The fourth-order valence-corrected chi connectivity index (χ4v) is 2.25. The van der Waals surface area contributed by atoms with Gasteiger partial charge in [0.15, 0.2) is 0 Å². The molecule has 0 fully saturated rings. The zero-order valence-electron chi connectivity index (χ0n) is 12.6. The van der Waals surface area contributed by atoms with Crippen molar-refractivity contribution >= 4 is 0 Å². The first-order valence-corrected chi connectivity index (χ1v) is 7.15. The average Bonchev–Trinajstić information content (AvgIpc) is 2.37. The van der Waals surface area contributed by atoms with Gasteiger partial charge in [0.05, 0.1) is 5.56 Å². The Hall–Kier alpha value is -1.03.